The van der Waals surface area contributed by atoms with Gasteiger partial charge in [0.15, 0.2) is 0 Å². The van der Waals surface area contributed by atoms with Crippen LogP contribution in [0.3, 0.4) is 0 Å². The molecule has 0 aliphatic carbocycles. The molecule has 0 N–H and O–H groups in total. The number of ether oxygens (including phenoxy) is 1. The monoisotopic (exact) mass is 552 g/mol. The van der Waals surface area contributed by atoms with Crippen molar-refractivity contribution in [2.24, 2.45) is 13.0 Å². The van der Waals surface area contributed by atoms with Gasteiger partial charge in [-0.1, -0.05) is 29.8 Å². The van der Waals surface area contributed by atoms with E-state index in [9.17, 15) is 18.0 Å². The predicted molar refractivity (Wildman–Crippen MR) is 142 cm³/mol. The normalized spacial score (nSPS) is 14.9. The largest absolute Gasteiger partial charge is 0.573 e. The van der Waals surface area contributed by atoms with E-state index in [0.29, 0.717) is 39.9 Å². The van der Waals surface area contributed by atoms with E-state index < -0.39 is 6.36 Å². The van der Waals surface area contributed by atoms with E-state index in [-0.39, 0.29) is 11.5 Å². The molecule has 2 aromatic carbocycles. The lowest BCUT2D eigenvalue weighted by molar-refractivity contribution is -0.274. The molecular formula is C28H29Cl2F3N2O2. The van der Waals surface area contributed by atoms with E-state index in [4.69, 9.17) is 23.2 Å². The number of carbonyl (C=O) groups excluding carboxylic acids is 1. The van der Waals surface area contributed by atoms with Gasteiger partial charge in [-0.15, -0.1) is 13.2 Å². The third-order valence-corrected chi connectivity index (χ3v) is 7.89. The van der Waals surface area contributed by atoms with E-state index in [1.807, 2.05) is 16.7 Å². The van der Waals surface area contributed by atoms with Crippen LogP contribution in [0, 0.1) is 12.8 Å². The first-order valence-corrected chi connectivity index (χ1v) is 12.8. The lowest BCUT2D eigenvalue weighted by Gasteiger charge is -2.35. The first-order chi connectivity index (χ1) is 17.3. The second-order valence-corrected chi connectivity index (χ2v) is 10.5. The molecule has 1 aromatic heterocycles. The van der Waals surface area contributed by atoms with Crippen molar-refractivity contribution >= 4 is 45.6 Å². The topological polar surface area (TPSA) is 34.5 Å². The molecule has 1 aliphatic heterocycles. The summed E-state index contributed by atoms with van der Waals surface area (Å²) in [6.07, 6.45) is -1.92. The van der Waals surface area contributed by atoms with Crippen molar-refractivity contribution in [1.29, 1.82) is 0 Å². The summed E-state index contributed by atoms with van der Waals surface area (Å²) < 4.78 is 44.3. The minimum Gasteiger partial charge on any atom is -0.406 e. The molecule has 1 saturated heterocycles. The fourth-order valence-electron chi connectivity index (χ4n) is 5.14. The molecule has 3 aromatic rings. The summed E-state index contributed by atoms with van der Waals surface area (Å²) in [6, 6.07) is 8.37. The highest BCUT2D eigenvalue weighted by Gasteiger charge is 2.31. The van der Waals surface area contributed by atoms with Gasteiger partial charge in [0.05, 0.1) is 10.5 Å². The molecular weight excluding hydrogens is 524 g/mol. The summed E-state index contributed by atoms with van der Waals surface area (Å²) in [5.74, 6) is 0.358. The van der Waals surface area contributed by atoms with E-state index in [2.05, 4.69) is 16.2 Å². The van der Waals surface area contributed by atoms with Gasteiger partial charge >= 0.3 is 6.36 Å². The molecule has 0 amide bonds. The van der Waals surface area contributed by atoms with Crippen LogP contribution >= 0.6 is 23.2 Å². The maximum Gasteiger partial charge on any atom is 0.573 e. The number of benzene rings is 2. The number of ketones is 1. The highest BCUT2D eigenvalue weighted by atomic mass is 35.5. The van der Waals surface area contributed by atoms with Gasteiger partial charge in [0.2, 0.25) is 0 Å². The van der Waals surface area contributed by atoms with Crippen molar-refractivity contribution in [1.82, 2.24) is 9.47 Å². The van der Waals surface area contributed by atoms with Crippen molar-refractivity contribution < 1.29 is 22.7 Å². The molecule has 198 valence electrons. The standard InChI is InChI=1S/C28H29Cl2F3N2O2/c1-16-11-21(37-28(31,32)33)15-26-23(16)13-20(34(26)4)14-24-25(29)6-5-22(27(24)30)18(3)35-9-7-19(8-10-35)12-17(2)36/h5-6,11,13,15,19H,3,7-10,12,14H2,1-2,4H3. The van der Waals surface area contributed by atoms with Crippen LogP contribution in [0.4, 0.5) is 13.2 Å². The highest BCUT2D eigenvalue weighted by molar-refractivity contribution is 6.37. The number of hydrogen-bond donors (Lipinski definition) is 0. The minimum atomic E-state index is -4.76. The van der Waals surface area contributed by atoms with Gasteiger partial charge in [-0.05, 0) is 68.0 Å². The van der Waals surface area contributed by atoms with E-state index in [0.717, 1.165) is 53.8 Å². The molecule has 1 fully saturated rings. The Hall–Kier alpha value is -2.64. The zero-order chi connectivity index (χ0) is 27.1. The zero-order valence-corrected chi connectivity index (χ0v) is 22.5. The predicted octanol–water partition coefficient (Wildman–Crippen LogP) is 7.94. The maximum atomic E-state index is 12.8. The quantitative estimate of drug-likeness (QED) is 0.298. The number of carbonyl (C=O) groups is 1. The maximum absolute atomic E-state index is 12.8. The lowest BCUT2D eigenvalue weighted by Crippen LogP contribution is -2.32. The number of likely N-dealkylation sites (tertiary alicyclic amines) is 1. The Bertz CT molecular complexity index is 1360. The van der Waals surface area contributed by atoms with E-state index in [1.54, 1.807) is 27.0 Å². The van der Waals surface area contributed by atoms with Crippen molar-refractivity contribution in [3.8, 4) is 5.75 Å². The number of hydrogen-bond acceptors (Lipinski definition) is 3. The third kappa shape index (κ3) is 6.10. The average Bonchev–Trinajstić information content (AvgIpc) is 3.11. The number of aromatic nitrogens is 1. The Morgan fingerprint density at radius 2 is 1.84 bits per heavy atom. The van der Waals surface area contributed by atoms with Crippen LogP contribution in [-0.2, 0) is 18.3 Å². The Morgan fingerprint density at radius 3 is 2.46 bits per heavy atom. The molecule has 0 spiro atoms. The Labute approximate surface area is 224 Å². The number of rotatable bonds is 7. The van der Waals surface area contributed by atoms with Crippen LogP contribution in [0.25, 0.3) is 16.6 Å². The second-order valence-electron chi connectivity index (χ2n) is 9.76. The number of halogens is 5. The van der Waals surface area contributed by atoms with Gasteiger partial charge < -0.3 is 19.0 Å². The Balaban J connectivity index is 1.60. The van der Waals surface area contributed by atoms with Crippen molar-refractivity contribution in [2.75, 3.05) is 13.1 Å². The van der Waals surface area contributed by atoms with Gasteiger partial charge in [-0.25, -0.2) is 0 Å². The molecule has 2 heterocycles. The number of nitrogens with zero attached hydrogens (tertiary/aromatic N) is 2. The lowest BCUT2D eigenvalue weighted by atomic mass is 9.91. The van der Waals surface area contributed by atoms with Crippen LogP contribution in [-0.4, -0.2) is 34.7 Å². The highest BCUT2D eigenvalue weighted by Crippen LogP contribution is 2.37. The fraction of sp³-hybridized carbons (Fsp3) is 0.393. The van der Waals surface area contributed by atoms with Gasteiger partial charge in [0.1, 0.15) is 11.5 Å². The van der Waals surface area contributed by atoms with Crippen LogP contribution in [0.1, 0.15) is 48.6 Å². The molecule has 4 rings (SSSR count). The van der Waals surface area contributed by atoms with Gasteiger partial charge in [0.25, 0.3) is 0 Å². The van der Waals surface area contributed by atoms with Gasteiger partial charge in [-0.2, -0.15) is 0 Å². The SMILES string of the molecule is C=C(c1ccc(Cl)c(Cc2cc3c(C)cc(OC(F)(F)F)cc3n2C)c1Cl)N1CCC(CC(C)=O)CC1. The third-order valence-electron chi connectivity index (χ3n) is 7.10. The van der Waals surface area contributed by atoms with Crippen LogP contribution < -0.4 is 4.74 Å². The second kappa shape index (κ2) is 10.6. The Kier molecular flexibility index (Phi) is 7.86. The fourth-order valence-corrected chi connectivity index (χ4v) is 5.75. The molecule has 0 bridgehead atoms. The van der Waals surface area contributed by atoms with Gasteiger partial charge in [0, 0.05) is 66.4 Å². The molecule has 4 nitrogen and oxygen atoms in total. The molecule has 0 unspecified atom stereocenters. The number of fused-ring (bicyclic) bond motifs is 1. The number of Topliss-reactive ketones (excluding diaryl/α,β-unsaturated/α-hetero) is 1. The molecule has 0 atom stereocenters. The summed E-state index contributed by atoms with van der Waals surface area (Å²) in [5, 5.41) is 1.84. The molecule has 37 heavy (non-hydrogen) atoms. The van der Waals surface area contributed by atoms with Crippen molar-refractivity contribution in [3.63, 3.8) is 0 Å². The first kappa shape index (κ1) is 27.4. The summed E-state index contributed by atoms with van der Waals surface area (Å²) >= 11 is 13.5. The summed E-state index contributed by atoms with van der Waals surface area (Å²) in [7, 11) is 1.80. The molecule has 0 saturated carbocycles. The minimum absolute atomic E-state index is 0.218. The summed E-state index contributed by atoms with van der Waals surface area (Å²) in [4.78, 5) is 13.7. The van der Waals surface area contributed by atoms with Crippen molar-refractivity contribution in [3.05, 3.63) is 69.3 Å². The van der Waals surface area contributed by atoms with Gasteiger partial charge in [-0.3, -0.25) is 0 Å². The van der Waals surface area contributed by atoms with E-state index in [1.165, 1.54) is 12.1 Å². The number of aryl methyl sites for hydroxylation is 2. The number of piperidine rings is 1. The zero-order valence-electron chi connectivity index (χ0n) is 21.0. The van der Waals surface area contributed by atoms with Crippen molar-refractivity contribution in [2.45, 2.75) is 45.9 Å². The number of alkyl halides is 3. The molecule has 0 radical (unpaired) electrons. The summed E-state index contributed by atoms with van der Waals surface area (Å²) in [6.45, 7) is 9.28. The molecule has 9 heteroatoms. The summed E-state index contributed by atoms with van der Waals surface area (Å²) in [5.41, 5.74) is 4.47. The van der Waals surface area contributed by atoms with Crippen LogP contribution in [0.15, 0.2) is 36.9 Å². The Morgan fingerprint density at radius 1 is 1.16 bits per heavy atom. The van der Waals surface area contributed by atoms with Crippen LogP contribution in [0.5, 0.6) is 5.75 Å². The molecule has 1 aliphatic rings. The van der Waals surface area contributed by atoms with Crippen LogP contribution in [0.2, 0.25) is 10.0 Å². The first-order valence-electron chi connectivity index (χ1n) is 12.1. The average molecular weight is 553 g/mol. The van der Waals surface area contributed by atoms with E-state index >= 15 is 0 Å². The smallest absolute Gasteiger partial charge is 0.406 e.